The molecule has 0 saturated heterocycles. The van der Waals surface area contributed by atoms with Gasteiger partial charge in [0.05, 0.1) is 22.3 Å². The van der Waals surface area contributed by atoms with E-state index in [1.807, 2.05) is 0 Å². The average Bonchev–Trinajstić information content (AvgIpc) is 2.41. The molecule has 0 aliphatic heterocycles. The van der Waals surface area contributed by atoms with Crippen molar-refractivity contribution in [2.75, 3.05) is 11.1 Å². The van der Waals surface area contributed by atoms with Crippen molar-refractivity contribution in [3.63, 3.8) is 0 Å². The summed E-state index contributed by atoms with van der Waals surface area (Å²) in [6.45, 7) is 0. The van der Waals surface area contributed by atoms with Gasteiger partial charge in [0.25, 0.3) is 5.91 Å². The summed E-state index contributed by atoms with van der Waals surface area (Å²) in [5, 5.41) is 7.68. The Kier molecular flexibility index (Phi) is 4.12. The summed E-state index contributed by atoms with van der Waals surface area (Å²) in [5.41, 5.74) is 6.39. The predicted octanol–water partition coefficient (Wildman–Crippen LogP) is 1.22. The summed E-state index contributed by atoms with van der Waals surface area (Å²) in [6, 6.07) is 6.74. The molecular formula is C12H11ClN4O3S. The molecule has 7 nitrogen and oxygen atoms in total. The van der Waals surface area contributed by atoms with Gasteiger partial charge in [-0.25, -0.2) is 18.5 Å². The molecule has 21 heavy (non-hydrogen) atoms. The first-order valence-electron chi connectivity index (χ1n) is 5.62. The number of anilines is 2. The highest BCUT2D eigenvalue weighted by Crippen LogP contribution is 2.18. The zero-order valence-corrected chi connectivity index (χ0v) is 12.1. The van der Waals surface area contributed by atoms with Gasteiger partial charge < -0.3 is 11.1 Å². The number of sulfonamides is 1. The number of halogens is 1. The molecule has 0 saturated carbocycles. The van der Waals surface area contributed by atoms with Gasteiger partial charge in [-0.05, 0) is 30.3 Å². The van der Waals surface area contributed by atoms with Crippen molar-refractivity contribution >= 4 is 38.9 Å². The molecule has 0 radical (unpaired) electrons. The van der Waals surface area contributed by atoms with Gasteiger partial charge in [0.15, 0.2) is 0 Å². The molecule has 0 atom stereocenters. The lowest BCUT2D eigenvalue weighted by Gasteiger charge is -2.08. The van der Waals surface area contributed by atoms with Crippen LogP contribution in [0.5, 0.6) is 0 Å². The number of aromatic nitrogens is 1. The van der Waals surface area contributed by atoms with E-state index in [1.165, 1.54) is 36.5 Å². The van der Waals surface area contributed by atoms with Crippen LogP contribution in [0.4, 0.5) is 11.4 Å². The van der Waals surface area contributed by atoms with Crippen LogP contribution in [0.2, 0.25) is 5.15 Å². The van der Waals surface area contributed by atoms with E-state index in [0.717, 1.165) is 0 Å². The van der Waals surface area contributed by atoms with Crippen LogP contribution in [-0.4, -0.2) is 19.3 Å². The first-order chi connectivity index (χ1) is 9.77. The van der Waals surface area contributed by atoms with Gasteiger partial charge in [-0.3, -0.25) is 4.79 Å². The molecular weight excluding hydrogens is 316 g/mol. The SMILES string of the molecule is Nc1cnc(Cl)cc1C(=O)Nc1ccc(S(N)(=O)=O)cc1. The first kappa shape index (κ1) is 15.2. The van der Waals surface area contributed by atoms with Gasteiger partial charge in [-0.15, -0.1) is 0 Å². The zero-order chi connectivity index (χ0) is 15.6. The number of nitrogens with one attached hydrogen (secondary N) is 1. The van der Waals surface area contributed by atoms with Gasteiger partial charge in [-0.1, -0.05) is 11.6 Å². The van der Waals surface area contributed by atoms with E-state index >= 15 is 0 Å². The normalized spacial score (nSPS) is 11.1. The largest absolute Gasteiger partial charge is 0.397 e. The van der Waals surface area contributed by atoms with Gasteiger partial charge in [0.1, 0.15) is 5.15 Å². The van der Waals surface area contributed by atoms with Crippen LogP contribution in [-0.2, 0) is 10.0 Å². The van der Waals surface area contributed by atoms with E-state index in [-0.39, 0.29) is 21.3 Å². The Labute approximate surface area is 126 Å². The van der Waals surface area contributed by atoms with Gasteiger partial charge >= 0.3 is 0 Å². The minimum Gasteiger partial charge on any atom is -0.397 e. The quantitative estimate of drug-likeness (QED) is 0.730. The lowest BCUT2D eigenvalue weighted by Crippen LogP contribution is -2.15. The predicted molar refractivity (Wildman–Crippen MR) is 79.4 cm³/mol. The van der Waals surface area contributed by atoms with Crippen LogP contribution in [0.15, 0.2) is 41.4 Å². The van der Waals surface area contributed by atoms with E-state index in [2.05, 4.69) is 10.3 Å². The molecule has 0 spiro atoms. The maximum Gasteiger partial charge on any atom is 0.257 e. The summed E-state index contributed by atoms with van der Waals surface area (Å²) in [7, 11) is -3.77. The number of rotatable bonds is 3. The van der Waals surface area contributed by atoms with Gasteiger partial charge in [0, 0.05) is 5.69 Å². The van der Waals surface area contributed by atoms with E-state index in [0.29, 0.717) is 5.69 Å². The van der Waals surface area contributed by atoms with Crippen molar-refractivity contribution in [3.05, 3.63) is 47.2 Å². The Morgan fingerprint density at radius 1 is 1.24 bits per heavy atom. The topological polar surface area (TPSA) is 128 Å². The van der Waals surface area contributed by atoms with E-state index in [1.54, 1.807) is 0 Å². The Balaban J connectivity index is 2.22. The third kappa shape index (κ3) is 3.69. The van der Waals surface area contributed by atoms with Gasteiger partial charge in [0.2, 0.25) is 10.0 Å². The second kappa shape index (κ2) is 5.68. The number of nitrogen functional groups attached to an aromatic ring is 1. The van der Waals surface area contributed by atoms with E-state index < -0.39 is 15.9 Å². The highest BCUT2D eigenvalue weighted by molar-refractivity contribution is 7.89. The Morgan fingerprint density at radius 3 is 2.43 bits per heavy atom. The maximum absolute atomic E-state index is 12.0. The highest BCUT2D eigenvalue weighted by Gasteiger charge is 2.12. The van der Waals surface area contributed by atoms with E-state index in [9.17, 15) is 13.2 Å². The van der Waals surface area contributed by atoms with Crippen LogP contribution in [0.25, 0.3) is 0 Å². The van der Waals surface area contributed by atoms with Crippen molar-refractivity contribution in [1.29, 1.82) is 0 Å². The molecule has 0 aliphatic rings. The number of carbonyl (C=O) groups excluding carboxylic acids is 1. The molecule has 110 valence electrons. The third-order valence-electron chi connectivity index (χ3n) is 2.59. The minimum atomic E-state index is -3.77. The molecule has 9 heteroatoms. The molecule has 0 aliphatic carbocycles. The number of amides is 1. The fourth-order valence-electron chi connectivity index (χ4n) is 1.56. The molecule has 1 amide bonds. The molecule has 1 aromatic carbocycles. The Bertz CT molecular complexity index is 791. The number of nitrogens with two attached hydrogens (primary N) is 2. The summed E-state index contributed by atoms with van der Waals surface area (Å²) in [4.78, 5) is 15.7. The molecule has 0 bridgehead atoms. The summed E-state index contributed by atoms with van der Waals surface area (Å²) in [5.74, 6) is -0.486. The van der Waals surface area contributed by atoms with Gasteiger partial charge in [-0.2, -0.15) is 0 Å². The molecule has 1 heterocycles. The lowest BCUT2D eigenvalue weighted by atomic mass is 10.2. The number of benzene rings is 1. The molecule has 1 aromatic heterocycles. The fraction of sp³-hybridized carbons (Fsp3) is 0. The Morgan fingerprint density at radius 2 is 1.86 bits per heavy atom. The summed E-state index contributed by atoms with van der Waals surface area (Å²) < 4.78 is 22.2. The second-order valence-corrected chi connectivity index (χ2v) is 6.07. The molecule has 5 N–H and O–H groups in total. The fourth-order valence-corrected chi connectivity index (χ4v) is 2.24. The van der Waals surface area contributed by atoms with Crippen molar-refractivity contribution in [2.45, 2.75) is 4.90 Å². The molecule has 2 aromatic rings. The smallest absolute Gasteiger partial charge is 0.257 e. The van der Waals surface area contributed by atoms with Crippen LogP contribution in [0.1, 0.15) is 10.4 Å². The number of hydrogen-bond acceptors (Lipinski definition) is 5. The van der Waals surface area contributed by atoms with Crippen LogP contribution >= 0.6 is 11.6 Å². The average molecular weight is 327 g/mol. The monoisotopic (exact) mass is 326 g/mol. The highest BCUT2D eigenvalue weighted by atomic mass is 35.5. The van der Waals surface area contributed by atoms with Crippen LogP contribution in [0.3, 0.4) is 0 Å². The second-order valence-electron chi connectivity index (χ2n) is 4.12. The number of nitrogens with zero attached hydrogens (tertiary/aromatic N) is 1. The van der Waals surface area contributed by atoms with Crippen molar-refractivity contribution in [1.82, 2.24) is 4.98 Å². The number of carbonyl (C=O) groups is 1. The van der Waals surface area contributed by atoms with Crippen molar-refractivity contribution < 1.29 is 13.2 Å². The lowest BCUT2D eigenvalue weighted by molar-refractivity contribution is 0.102. The number of hydrogen-bond donors (Lipinski definition) is 3. The molecule has 0 unspecified atom stereocenters. The summed E-state index contributed by atoms with van der Waals surface area (Å²) >= 11 is 5.71. The molecule has 0 fully saturated rings. The maximum atomic E-state index is 12.0. The zero-order valence-electron chi connectivity index (χ0n) is 10.6. The Hall–Kier alpha value is -2.16. The molecule has 2 rings (SSSR count). The van der Waals surface area contributed by atoms with Crippen LogP contribution < -0.4 is 16.2 Å². The number of pyridine rings is 1. The first-order valence-corrected chi connectivity index (χ1v) is 7.55. The standard InChI is InChI=1S/C12H11ClN4O3S/c13-11-5-9(10(14)6-16-11)12(18)17-7-1-3-8(4-2-7)21(15,19)20/h1-6H,14H2,(H,17,18)(H2,15,19,20). The summed E-state index contributed by atoms with van der Waals surface area (Å²) in [6.07, 6.45) is 1.28. The third-order valence-corrected chi connectivity index (χ3v) is 3.72. The minimum absolute atomic E-state index is 0.0491. The van der Waals surface area contributed by atoms with E-state index in [4.69, 9.17) is 22.5 Å². The van der Waals surface area contributed by atoms with Crippen molar-refractivity contribution in [3.8, 4) is 0 Å². The van der Waals surface area contributed by atoms with Crippen LogP contribution in [0, 0.1) is 0 Å². The number of primary sulfonamides is 1. The van der Waals surface area contributed by atoms with Crippen molar-refractivity contribution in [2.24, 2.45) is 5.14 Å².